The average Bonchev–Trinajstić information content (AvgIpc) is 3.12. The van der Waals surface area contributed by atoms with E-state index < -0.39 is 11.8 Å². The van der Waals surface area contributed by atoms with Gasteiger partial charge in [-0.15, -0.1) is 0 Å². The van der Waals surface area contributed by atoms with E-state index in [-0.39, 0.29) is 11.4 Å². The van der Waals surface area contributed by atoms with Crippen LogP contribution in [-0.2, 0) is 0 Å². The Morgan fingerprint density at radius 2 is 1.72 bits per heavy atom. The highest BCUT2D eigenvalue weighted by Gasteiger charge is 2.18. The van der Waals surface area contributed by atoms with Crippen LogP contribution in [0.1, 0.15) is 21.5 Å². The van der Waals surface area contributed by atoms with Crippen molar-refractivity contribution < 1.29 is 13.9 Å². The van der Waals surface area contributed by atoms with Gasteiger partial charge in [0, 0.05) is 11.6 Å². The summed E-state index contributed by atoms with van der Waals surface area (Å²) in [5, 5.41) is 4.67. The van der Waals surface area contributed by atoms with E-state index >= 15 is 0 Å². The third-order valence-corrected chi connectivity index (χ3v) is 4.58. The van der Waals surface area contributed by atoms with Gasteiger partial charge in [0.2, 0.25) is 5.88 Å². The number of ether oxygens (including phenoxy) is 1. The molecule has 29 heavy (non-hydrogen) atoms. The van der Waals surface area contributed by atoms with Crippen molar-refractivity contribution in [2.45, 2.75) is 13.8 Å². The van der Waals surface area contributed by atoms with Crippen molar-refractivity contribution in [3.8, 4) is 22.8 Å². The summed E-state index contributed by atoms with van der Waals surface area (Å²) in [5.41, 5.74) is 4.64. The first-order valence-electron chi connectivity index (χ1n) is 9.22. The van der Waals surface area contributed by atoms with E-state index in [4.69, 9.17) is 4.74 Å². The topological polar surface area (TPSA) is 44.1 Å². The molecule has 3 aromatic carbocycles. The first-order valence-corrected chi connectivity index (χ1v) is 9.22. The van der Waals surface area contributed by atoms with Crippen LogP contribution in [-0.4, -0.2) is 15.7 Å². The van der Waals surface area contributed by atoms with Crippen molar-refractivity contribution >= 4 is 5.97 Å². The Balaban J connectivity index is 1.78. The molecule has 0 bridgehead atoms. The van der Waals surface area contributed by atoms with Crippen LogP contribution in [0.2, 0.25) is 0 Å². The summed E-state index contributed by atoms with van der Waals surface area (Å²) in [7, 11) is 0. The second kappa shape index (κ2) is 7.72. The quantitative estimate of drug-likeness (QED) is 0.434. The number of benzene rings is 3. The molecule has 4 aromatic rings. The van der Waals surface area contributed by atoms with Gasteiger partial charge in [0.15, 0.2) is 0 Å². The Labute approximate surface area is 168 Å². The van der Waals surface area contributed by atoms with Gasteiger partial charge in [-0.3, -0.25) is 0 Å². The summed E-state index contributed by atoms with van der Waals surface area (Å²) < 4.78 is 20.7. The van der Waals surface area contributed by atoms with Crippen molar-refractivity contribution in [3.63, 3.8) is 0 Å². The molecule has 0 aliphatic carbocycles. The first kappa shape index (κ1) is 18.6. The Hall–Kier alpha value is -3.73. The molecule has 0 aliphatic heterocycles. The molecular weight excluding hydrogens is 367 g/mol. The predicted octanol–water partition coefficient (Wildman–Crippen LogP) is 5.51. The van der Waals surface area contributed by atoms with Gasteiger partial charge in [0.05, 0.1) is 16.9 Å². The van der Waals surface area contributed by atoms with Crippen LogP contribution in [0, 0.1) is 19.7 Å². The van der Waals surface area contributed by atoms with Crippen molar-refractivity contribution in [1.82, 2.24) is 9.78 Å². The molecule has 0 amide bonds. The minimum atomic E-state index is -0.643. The highest BCUT2D eigenvalue weighted by molar-refractivity contribution is 5.91. The summed E-state index contributed by atoms with van der Waals surface area (Å²) in [6, 6.07) is 22.7. The minimum Gasteiger partial charge on any atom is -0.404 e. The number of hydrogen-bond donors (Lipinski definition) is 0. The van der Waals surface area contributed by atoms with Crippen LogP contribution in [0.4, 0.5) is 4.39 Å². The van der Waals surface area contributed by atoms with E-state index in [0.29, 0.717) is 5.69 Å². The summed E-state index contributed by atoms with van der Waals surface area (Å²) >= 11 is 0. The number of carbonyl (C=O) groups is 1. The lowest BCUT2D eigenvalue weighted by atomic mass is 10.1. The third-order valence-electron chi connectivity index (χ3n) is 4.58. The zero-order chi connectivity index (χ0) is 20.4. The fourth-order valence-electron chi connectivity index (χ4n) is 3.17. The molecule has 0 unspecified atom stereocenters. The molecule has 144 valence electrons. The highest BCUT2D eigenvalue weighted by Crippen LogP contribution is 2.28. The normalized spacial score (nSPS) is 10.7. The molecule has 0 saturated heterocycles. The molecule has 0 aliphatic rings. The number of esters is 1. The van der Waals surface area contributed by atoms with Crippen LogP contribution in [0.15, 0.2) is 78.9 Å². The molecular formula is C24H19FN2O2. The van der Waals surface area contributed by atoms with Gasteiger partial charge in [-0.2, -0.15) is 9.78 Å². The SMILES string of the molecule is Cc1ccc(-n2nc(-c3ccccc3)cc2OC(=O)c2cccc(F)c2)c(C)c1. The molecule has 1 heterocycles. The fourth-order valence-corrected chi connectivity index (χ4v) is 3.17. The standard InChI is InChI=1S/C24H19FN2O2/c1-16-11-12-22(17(2)13-16)27-23(15-21(26-27)18-7-4-3-5-8-18)29-24(28)19-9-6-10-20(25)14-19/h3-15H,1-2H3. The monoisotopic (exact) mass is 386 g/mol. The number of halogens is 1. The lowest BCUT2D eigenvalue weighted by Gasteiger charge is -2.11. The summed E-state index contributed by atoms with van der Waals surface area (Å²) in [4.78, 5) is 12.6. The van der Waals surface area contributed by atoms with Crippen molar-refractivity contribution in [1.29, 1.82) is 0 Å². The van der Waals surface area contributed by atoms with Gasteiger partial charge in [-0.25, -0.2) is 9.18 Å². The molecule has 1 aromatic heterocycles. The van der Waals surface area contributed by atoms with Gasteiger partial charge in [-0.1, -0.05) is 54.1 Å². The second-order valence-corrected chi connectivity index (χ2v) is 6.84. The van der Waals surface area contributed by atoms with Crippen molar-refractivity contribution in [2.24, 2.45) is 0 Å². The number of carbonyl (C=O) groups excluding carboxylic acids is 1. The molecule has 0 atom stereocenters. The summed E-state index contributed by atoms with van der Waals surface area (Å²) in [5.74, 6) is -0.868. The van der Waals surface area contributed by atoms with E-state index in [9.17, 15) is 9.18 Å². The zero-order valence-electron chi connectivity index (χ0n) is 16.1. The van der Waals surface area contributed by atoms with Gasteiger partial charge in [0.1, 0.15) is 5.82 Å². The zero-order valence-corrected chi connectivity index (χ0v) is 16.1. The molecule has 4 nitrogen and oxygen atoms in total. The Kier molecular flexibility index (Phi) is 4.96. The lowest BCUT2D eigenvalue weighted by Crippen LogP contribution is -2.12. The van der Waals surface area contributed by atoms with E-state index in [1.165, 1.54) is 18.2 Å². The molecule has 0 fully saturated rings. The Morgan fingerprint density at radius 1 is 0.931 bits per heavy atom. The molecule has 0 radical (unpaired) electrons. The molecule has 0 spiro atoms. The molecule has 0 N–H and O–H groups in total. The van der Waals surface area contributed by atoms with Crippen molar-refractivity contribution in [2.75, 3.05) is 0 Å². The average molecular weight is 386 g/mol. The van der Waals surface area contributed by atoms with Crippen LogP contribution in [0.3, 0.4) is 0 Å². The van der Waals surface area contributed by atoms with Gasteiger partial charge < -0.3 is 4.74 Å². The van der Waals surface area contributed by atoms with E-state index in [0.717, 1.165) is 28.4 Å². The smallest absolute Gasteiger partial charge is 0.344 e. The van der Waals surface area contributed by atoms with E-state index in [1.54, 1.807) is 10.7 Å². The summed E-state index contributed by atoms with van der Waals surface area (Å²) in [6.45, 7) is 3.99. The number of nitrogens with zero attached hydrogens (tertiary/aromatic N) is 2. The highest BCUT2D eigenvalue weighted by atomic mass is 19.1. The lowest BCUT2D eigenvalue weighted by molar-refractivity contribution is 0.0722. The number of aryl methyl sites for hydroxylation is 2. The minimum absolute atomic E-state index is 0.139. The third kappa shape index (κ3) is 3.94. The van der Waals surface area contributed by atoms with Gasteiger partial charge in [-0.05, 0) is 43.7 Å². The van der Waals surface area contributed by atoms with Crippen LogP contribution in [0.25, 0.3) is 16.9 Å². The molecule has 0 saturated carbocycles. The van der Waals surface area contributed by atoms with Crippen LogP contribution < -0.4 is 4.74 Å². The van der Waals surface area contributed by atoms with Crippen LogP contribution in [0.5, 0.6) is 5.88 Å². The van der Waals surface area contributed by atoms with E-state index in [2.05, 4.69) is 5.10 Å². The first-order chi connectivity index (χ1) is 14.0. The van der Waals surface area contributed by atoms with Gasteiger partial charge >= 0.3 is 5.97 Å². The number of aromatic nitrogens is 2. The maximum Gasteiger partial charge on any atom is 0.344 e. The summed E-state index contributed by atoms with van der Waals surface area (Å²) in [6.07, 6.45) is 0. The second-order valence-electron chi connectivity index (χ2n) is 6.84. The molecule has 5 heteroatoms. The number of hydrogen-bond acceptors (Lipinski definition) is 3. The van der Waals surface area contributed by atoms with E-state index in [1.807, 2.05) is 62.4 Å². The molecule has 4 rings (SSSR count). The Bertz CT molecular complexity index is 1180. The van der Waals surface area contributed by atoms with Crippen molar-refractivity contribution in [3.05, 3.63) is 101 Å². The van der Waals surface area contributed by atoms with Crippen LogP contribution >= 0.6 is 0 Å². The van der Waals surface area contributed by atoms with Gasteiger partial charge in [0.25, 0.3) is 0 Å². The predicted molar refractivity (Wildman–Crippen MR) is 110 cm³/mol. The number of rotatable bonds is 4. The maximum atomic E-state index is 13.5. The maximum absolute atomic E-state index is 13.5. The Morgan fingerprint density at radius 3 is 2.45 bits per heavy atom. The largest absolute Gasteiger partial charge is 0.404 e. The fraction of sp³-hybridized carbons (Fsp3) is 0.0833.